The van der Waals surface area contributed by atoms with Crippen LogP contribution in [-0.4, -0.2) is 49.3 Å². The van der Waals surface area contributed by atoms with Gasteiger partial charge in [-0.2, -0.15) is 0 Å². The van der Waals surface area contributed by atoms with E-state index < -0.39 is 0 Å². The molecule has 3 nitrogen and oxygen atoms in total. The fourth-order valence-corrected chi connectivity index (χ4v) is 3.15. The number of hydrogen-bond acceptors (Lipinski definition) is 3. The van der Waals surface area contributed by atoms with Crippen molar-refractivity contribution < 1.29 is 4.74 Å². The monoisotopic (exact) mass is 270 g/mol. The van der Waals surface area contributed by atoms with Gasteiger partial charge in [0.15, 0.2) is 0 Å². The van der Waals surface area contributed by atoms with Crippen molar-refractivity contribution in [3.05, 3.63) is 0 Å². The molecule has 1 heterocycles. The SMILES string of the molecule is CCOCCCN1CC(CC)(CC)NCC1C(C)C. The molecule has 0 aliphatic carbocycles. The highest BCUT2D eigenvalue weighted by atomic mass is 16.5. The molecule has 1 rings (SSSR count). The third-order valence-electron chi connectivity index (χ3n) is 4.72. The van der Waals surface area contributed by atoms with E-state index in [1.54, 1.807) is 0 Å². The average Bonchev–Trinajstić information content (AvgIpc) is 2.43. The molecule has 0 aromatic carbocycles. The molecule has 1 atom stereocenters. The predicted octanol–water partition coefficient (Wildman–Crippen LogP) is 2.90. The van der Waals surface area contributed by atoms with Crippen molar-refractivity contribution in [2.45, 2.75) is 65.5 Å². The van der Waals surface area contributed by atoms with Crippen molar-refractivity contribution in [2.75, 3.05) is 32.8 Å². The molecule has 0 amide bonds. The second-order valence-corrected chi connectivity index (χ2v) is 6.20. The first-order valence-corrected chi connectivity index (χ1v) is 8.15. The highest BCUT2D eigenvalue weighted by Crippen LogP contribution is 2.25. The van der Waals surface area contributed by atoms with E-state index in [1.165, 1.54) is 25.9 Å². The summed E-state index contributed by atoms with van der Waals surface area (Å²) in [5.41, 5.74) is 0.330. The molecule has 19 heavy (non-hydrogen) atoms. The van der Waals surface area contributed by atoms with Crippen LogP contribution in [0, 0.1) is 5.92 Å². The number of piperazine rings is 1. The Bertz CT molecular complexity index is 239. The lowest BCUT2D eigenvalue weighted by atomic mass is 9.86. The van der Waals surface area contributed by atoms with E-state index in [-0.39, 0.29) is 0 Å². The molecule has 1 aliphatic rings. The summed E-state index contributed by atoms with van der Waals surface area (Å²) < 4.78 is 5.48. The first-order valence-electron chi connectivity index (χ1n) is 8.15. The van der Waals surface area contributed by atoms with Crippen molar-refractivity contribution in [1.82, 2.24) is 10.2 Å². The van der Waals surface area contributed by atoms with E-state index in [4.69, 9.17) is 4.74 Å². The van der Waals surface area contributed by atoms with E-state index in [0.717, 1.165) is 26.2 Å². The third-order valence-corrected chi connectivity index (χ3v) is 4.72. The Balaban J connectivity index is 2.57. The summed E-state index contributed by atoms with van der Waals surface area (Å²) >= 11 is 0. The molecule has 1 N–H and O–H groups in total. The van der Waals surface area contributed by atoms with Gasteiger partial charge in [0.05, 0.1) is 0 Å². The van der Waals surface area contributed by atoms with Gasteiger partial charge in [-0.05, 0) is 32.1 Å². The maximum absolute atomic E-state index is 5.48. The van der Waals surface area contributed by atoms with Gasteiger partial charge < -0.3 is 10.1 Å². The van der Waals surface area contributed by atoms with Crippen LogP contribution >= 0.6 is 0 Å². The summed E-state index contributed by atoms with van der Waals surface area (Å²) in [6.45, 7) is 16.6. The minimum absolute atomic E-state index is 0.330. The van der Waals surface area contributed by atoms with Crippen LogP contribution in [0.3, 0.4) is 0 Å². The molecule has 0 radical (unpaired) electrons. The van der Waals surface area contributed by atoms with Crippen molar-refractivity contribution >= 4 is 0 Å². The quantitative estimate of drug-likeness (QED) is 0.686. The molecule has 0 aromatic heterocycles. The van der Waals surface area contributed by atoms with Crippen molar-refractivity contribution in [3.63, 3.8) is 0 Å². The van der Waals surface area contributed by atoms with Crippen LogP contribution < -0.4 is 5.32 Å². The molecule has 0 bridgehead atoms. The van der Waals surface area contributed by atoms with Gasteiger partial charge in [0.25, 0.3) is 0 Å². The second-order valence-electron chi connectivity index (χ2n) is 6.20. The number of ether oxygens (including phenoxy) is 1. The molecule has 114 valence electrons. The third kappa shape index (κ3) is 4.73. The maximum atomic E-state index is 5.48. The standard InChI is InChI=1S/C16H34N2O/c1-6-16(7-2)13-18(10-9-11-19-8-3)15(12-17-16)14(4)5/h14-15,17H,6-13H2,1-5H3. The fourth-order valence-electron chi connectivity index (χ4n) is 3.15. The summed E-state index contributed by atoms with van der Waals surface area (Å²) in [4.78, 5) is 2.70. The minimum atomic E-state index is 0.330. The molecule has 1 unspecified atom stereocenters. The number of hydrogen-bond donors (Lipinski definition) is 1. The molecule has 0 aromatic rings. The lowest BCUT2D eigenvalue weighted by molar-refractivity contribution is 0.0406. The highest BCUT2D eigenvalue weighted by Gasteiger charge is 2.37. The Labute approximate surface area is 120 Å². The Morgan fingerprint density at radius 3 is 2.47 bits per heavy atom. The number of nitrogens with one attached hydrogen (secondary N) is 1. The van der Waals surface area contributed by atoms with Gasteiger partial charge in [-0.25, -0.2) is 0 Å². The Hall–Kier alpha value is -0.120. The molecule has 1 aliphatic heterocycles. The maximum Gasteiger partial charge on any atom is 0.0478 e. The lowest BCUT2D eigenvalue weighted by Crippen LogP contribution is -2.65. The second kappa shape index (κ2) is 8.23. The zero-order valence-electron chi connectivity index (χ0n) is 13.7. The molecular formula is C16H34N2O. The topological polar surface area (TPSA) is 24.5 Å². The van der Waals surface area contributed by atoms with Gasteiger partial charge in [0.1, 0.15) is 0 Å². The van der Waals surface area contributed by atoms with Crippen LogP contribution in [0.15, 0.2) is 0 Å². The largest absolute Gasteiger partial charge is 0.382 e. The van der Waals surface area contributed by atoms with Crippen LogP contribution in [0.1, 0.15) is 53.9 Å². The Morgan fingerprint density at radius 1 is 1.26 bits per heavy atom. The molecule has 3 heteroatoms. The van der Waals surface area contributed by atoms with Gasteiger partial charge in [0, 0.05) is 44.4 Å². The van der Waals surface area contributed by atoms with Crippen LogP contribution in [0.4, 0.5) is 0 Å². The Morgan fingerprint density at radius 2 is 1.95 bits per heavy atom. The zero-order valence-corrected chi connectivity index (χ0v) is 13.7. The fraction of sp³-hybridized carbons (Fsp3) is 1.00. The summed E-state index contributed by atoms with van der Waals surface area (Å²) in [5, 5.41) is 3.82. The first kappa shape index (κ1) is 16.9. The van der Waals surface area contributed by atoms with Crippen molar-refractivity contribution in [1.29, 1.82) is 0 Å². The van der Waals surface area contributed by atoms with Crippen molar-refractivity contribution in [2.24, 2.45) is 5.92 Å². The van der Waals surface area contributed by atoms with Crippen LogP contribution in [-0.2, 0) is 4.74 Å². The summed E-state index contributed by atoms with van der Waals surface area (Å²) in [5.74, 6) is 0.714. The van der Waals surface area contributed by atoms with Gasteiger partial charge in [-0.3, -0.25) is 4.90 Å². The average molecular weight is 270 g/mol. The summed E-state index contributed by atoms with van der Waals surface area (Å²) in [6, 6.07) is 0.674. The van der Waals surface area contributed by atoms with E-state index in [0.29, 0.717) is 17.5 Å². The molecule has 0 spiro atoms. The molecular weight excluding hydrogens is 236 g/mol. The van der Waals surface area contributed by atoms with E-state index in [1.807, 2.05) is 0 Å². The van der Waals surface area contributed by atoms with Gasteiger partial charge >= 0.3 is 0 Å². The predicted molar refractivity (Wildman–Crippen MR) is 82.6 cm³/mol. The molecule has 1 fully saturated rings. The Kier molecular flexibility index (Phi) is 7.33. The van der Waals surface area contributed by atoms with Gasteiger partial charge in [0.2, 0.25) is 0 Å². The number of nitrogens with zero attached hydrogens (tertiary/aromatic N) is 1. The van der Waals surface area contributed by atoms with Crippen LogP contribution in [0.2, 0.25) is 0 Å². The summed E-state index contributed by atoms with van der Waals surface area (Å²) in [6.07, 6.45) is 3.59. The van der Waals surface area contributed by atoms with E-state index in [2.05, 4.69) is 44.8 Å². The normalized spacial score (nSPS) is 24.0. The van der Waals surface area contributed by atoms with Gasteiger partial charge in [-0.1, -0.05) is 27.7 Å². The van der Waals surface area contributed by atoms with E-state index in [9.17, 15) is 0 Å². The van der Waals surface area contributed by atoms with Crippen LogP contribution in [0.25, 0.3) is 0 Å². The zero-order chi connectivity index (χ0) is 14.3. The number of rotatable bonds is 8. The smallest absolute Gasteiger partial charge is 0.0478 e. The highest BCUT2D eigenvalue weighted by molar-refractivity contribution is 4.97. The van der Waals surface area contributed by atoms with Crippen molar-refractivity contribution in [3.8, 4) is 0 Å². The lowest BCUT2D eigenvalue weighted by Gasteiger charge is -2.49. The first-order chi connectivity index (χ1) is 9.08. The van der Waals surface area contributed by atoms with E-state index >= 15 is 0 Å². The van der Waals surface area contributed by atoms with Crippen LogP contribution in [0.5, 0.6) is 0 Å². The summed E-state index contributed by atoms with van der Waals surface area (Å²) in [7, 11) is 0. The molecule has 1 saturated heterocycles. The minimum Gasteiger partial charge on any atom is -0.382 e. The van der Waals surface area contributed by atoms with Gasteiger partial charge in [-0.15, -0.1) is 0 Å². The molecule has 0 saturated carbocycles.